The van der Waals surface area contributed by atoms with Gasteiger partial charge >= 0.3 is 0 Å². The lowest BCUT2D eigenvalue weighted by atomic mass is 10.1. The number of nitriles is 1. The van der Waals surface area contributed by atoms with E-state index >= 15 is 0 Å². The summed E-state index contributed by atoms with van der Waals surface area (Å²) in [5, 5.41) is 11.9. The number of rotatable bonds is 6. The molecule has 0 fully saturated rings. The normalized spacial score (nSPS) is 11.0. The van der Waals surface area contributed by atoms with Crippen LogP contribution in [0.4, 0.5) is 0 Å². The van der Waals surface area contributed by atoms with Crippen LogP contribution in [0.5, 0.6) is 0 Å². The van der Waals surface area contributed by atoms with Crippen molar-refractivity contribution in [3.8, 4) is 6.07 Å². The Balaban J connectivity index is 1.83. The SMILES string of the molecule is N#C/C(=C/c1ccc(Cl)s1)C(=O)NCCCc1ccccc1. The third-order valence-electron chi connectivity index (χ3n) is 3.02. The lowest BCUT2D eigenvalue weighted by molar-refractivity contribution is -0.117. The molecule has 2 rings (SSSR count). The lowest BCUT2D eigenvalue weighted by Gasteiger charge is -2.04. The molecule has 1 aromatic heterocycles. The molecule has 0 spiro atoms. The summed E-state index contributed by atoms with van der Waals surface area (Å²) in [6, 6.07) is 15.5. The van der Waals surface area contributed by atoms with Crippen LogP contribution in [0.3, 0.4) is 0 Å². The van der Waals surface area contributed by atoms with Gasteiger partial charge < -0.3 is 5.32 Å². The molecule has 2 aromatic rings. The van der Waals surface area contributed by atoms with E-state index in [2.05, 4.69) is 17.4 Å². The average Bonchev–Trinajstić information content (AvgIpc) is 2.95. The molecule has 5 heteroatoms. The number of nitrogens with zero attached hydrogens (tertiary/aromatic N) is 1. The lowest BCUT2D eigenvalue weighted by Crippen LogP contribution is -2.25. The summed E-state index contributed by atoms with van der Waals surface area (Å²) in [4.78, 5) is 12.8. The van der Waals surface area contributed by atoms with Crippen molar-refractivity contribution in [3.63, 3.8) is 0 Å². The number of thiophene rings is 1. The zero-order valence-corrected chi connectivity index (χ0v) is 13.5. The summed E-state index contributed by atoms with van der Waals surface area (Å²) in [6.45, 7) is 0.540. The van der Waals surface area contributed by atoms with Crippen molar-refractivity contribution in [2.75, 3.05) is 6.54 Å². The summed E-state index contributed by atoms with van der Waals surface area (Å²) >= 11 is 7.17. The third kappa shape index (κ3) is 5.03. The Hall–Kier alpha value is -2.09. The van der Waals surface area contributed by atoms with Crippen LogP contribution >= 0.6 is 22.9 Å². The molecule has 1 aromatic carbocycles. The van der Waals surface area contributed by atoms with Crippen molar-refractivity contribution in [2.24, 2.45) is 0 Å². The van der Waals surface area contributed by atoms with Crippen LogP contribution in [0.2, 0.25) is 4.34 Å². The fourth-order valence-electron chi connectivity index (χ4n) is 1.93. The number of carbonyl (C=O) groups is 1. The van der Waals surface area contributed by atoms with E-state index in [9.17, 15) is 4.79 Å². The van der Waals surface area contributed by atoms with Crippen LogP contribution in [-0.2, 0) is 11.2 Å². The number of hydrogen-bond acceptors (Lipinski definition) is 3. The van der Waals surface area contributed by atoms with E-state index in [-0.39, 0.29) is 11.5 Å². The summed E-state index contributed by atoms with van der Waals surface area (Å²) in [5.74, 6) is -0.347. The molecular formula is C17H15ClN2OS. The molecule has 0 atom stereocenters. The Bertz CT molecular complexity index is 701. The molecule has 1 heterocycles. The molecule has 22 heavy (non-hydrogen) atoms. The van der Waals surface area contributed by atoms with Gasteiger partial charge in [-0.1, -0.05) is 41.9 Å². The van der Waals surface area contributed by atoms with Crippen LogP contribution in [0.25, 0.3) is 6.08 Å². The fraction of sp³-hybridized carbons (Fsp3) is 0.176. The number of nitrogens with one attached hydrogen (secondary N) is 1. The van der Waals surface area contributed by atoms with Gasteiger partial charge in [-0.3, -0.25) is 4.79 Å². The van der Waals surface area contributed by atoms with Crippen molar-refractivity contribution in [1.29, 1.82) is 5.26 Å². The van der Waals surface area contributed by atoms with Crippen LogP contribution in [-0.4, -0.2) is 12.5 Å². The molecule has 0 bridgehead atoms. The maximum atomic E-state index is 12.0. The van der Waals surface area contributed by atoms with Gasteiger partial charge in [-0.15, -0.1) is 11.3 Å². The number of amides is 1. The second-order valence-electron chi connectivity index (χ2n) is 4.66. The molecule has 0 saturated heterocycles. The van der Waals surface area contributed by atoms with Crippen LogP contribution in [0, 0.1) is 11.3 Å². The second-order valence-corrected chi connectivity index (χ2v) is 6.40. The van der Waals surface area contributed by atoms with Gasteiger partial charge in [0.05, 0.1) is 4.34 Å². The first-order valence-corrected chi connectivity index (χ1v) is 8.08. The van der Waals surface area contributed by atoms with E-state index in [1.54, 1.807) is 18.2 Å². The van der Waals surface area contributed by atoms with Crippen LogP contribution in [0.1, 0.15) is 16.9 Å². The molecule has 0 radical (unpaired) electrons. The molecule has 3 nitrogen and oxygen atoms in total. The third-order valence-corrected chi connectivity index (χ3v) is 4.19. The van der Waals surface area contributed by atoms with Crippen LogP contribution < -0.4 is 5.32 Å². The minimum Gasteiger partial charge on any atom is -0.351 e. The zero-order chi connectivity index (χ0) is 15.8. The minimum absolute atomic E-state index is 0.0956. The Kier molecular flexibility index (Phi) is 6.20. The maximum absolute atomic E-state index is 12.0. The van der Waals surface area contributed by atoms with Crippen molar-refractivity contribution >= 4 is 34.9 Å². The van der Waals surface area contributed by atoms with Gasteiger partial charge in [0.2, 0.25) is 0 Å². The van der Waals surface area contributed by atoms with Crippen molar-refractivity contribution in [1.82, 2.24) is 5.32 Å². The molecule has 0 aliphatic heterocycles. The second kappa shape index (κ2) is 8.38. The Morgan fingerprint density at radius 1 is 1.27 bits per heavy atom. The fourth-order valence-corrected chi connectivity index (χ4v) is 2.94. The molecule has 0 unspecified atom stereocenters. The number of carbonyl (C=O) groups excluding carboxylic acids is 1. The van der Waals surface area contributed by atoms with Gasteiger partial charge in [0, 0.05) is 11.4 Å². The predicted molar refractivity (Wildman–Crippen MR) is 90.7 cm³/mol. The van der Waals surface area contributed by atoms with E-state index in [1.165, 1.54) is 16.9 Å². The molecule has 0 saturated carbocycles. The summed E-state index contributed by atoms with van der Waals surface area (Å²) < 4.78 is 0.631. The molecule has 0 aliphatic carbocycles. The summed E-state index contributed by atoms with van der Waals surface area (Å²) in [6.07, 6.45) is 3.29. The van der Waals surface area contributed by atoms with E-state index in [1.807, 2.05) is 24.3 Å². The van der Waals surface area contributed by atoms with Gasteiger partial charge in [0.25, 0.3) is 5.91 Å². The van der Waals surface area contributed by atoms with E-state index in [0.29, 0.717) is 10.9 Å². The highest BCUT2D eigenvalue weighted by atomic mass is 35.5. The molecular weight excluding hydrogens is 316 g/mol. The quantitative estimate of drug-likeness (QED) is 0.493. The number of hydrogen-bond donors (Lipinski definition) is 1. The van der Waals surface area contributed by atoms with Crippen molar-refractivity contribution in [2.45, 2.75) is 12.8 Å². The first-order valence-electron chi connectivity index (χ1n) is 6.88. The van der Waals surface area contributed by atoms with Gasteiger partial charge in [-0.05, 0) is 36.6 Å². The number of aryl methyl sites for hydroxylation is 1. The Morgan fingerprint density at radius 2 is 2.05 bits per heavy atom. The van der Waals surface area contributed by atoms with Crippen LogP contribution in [0.15, 0.2) is 48.0 Å². The Labute approximate surface area is 138 Å². The monoisotopic (exact) mass is 330 g/mol. The standard InChI is InChI=1S/C17H15ClN2OS/c18-16-9-8-15(22-16)11-14(12-19)17(21)20-10-4-7-13-5-2-1-3-6-13/h1-3,5-6,8-9,11H,4,7,10H2,(H,20,21)/b14-11-. The topological polar surface area (TPSA) is 52.9 Å². The first-order chi connectivity index (χ1) is 10.7. The van der Waals surface area contributed by atoms with Crippen molar-refractivity contribution in [3.05, 3.63) is 62.8 Å². The van der Waals surface area contributed by atoms with Gasteiger partial charge in [-0.2, -0.15) is 5.26 Å². The largest absolute Gasteiger partial charge is 0.351 e. The summed E-state index contributed by atoms with van der Waals surface area (Å²) in [7, 11) is 0. The highest BCUT2D eigenvalue weighted by molar-refractivity contribution is 7.17. The smallest absolute Gasteiger partial charge is 0.261 e. The molecule has 112 valence electrons. The molecule has 1 amide bonds. The van der Waals surface area contributed by atoms with Gasteiger partial charge in [0.1, 0.15) is 11.6 Å². The number of halogens is 1. The number of benzene rings is 1. The average molecular weight is 331 g/mol. The van der Waals surface area contributed by atoms with E-state index in [0.717, 1.165) is 17.7 Å². The summed E-state index contributed by atoms with van der Waals surface area (Å²) in [5.41, 5.74) is 1.33. The molecule has 1 N–H and O–H groups in total. The van der Waals surface area contributed by atoms with E-state index in [4.69, 9.17) is 16.9 Å². The van der Waals surface area contributed by atoms with E-state index < -0.39 is 0 Å². The molecule has 0 aliphatic rings. The van der Waals surface area contributed by atoms with Crippen molar-refractivity contribution < 1.29 is 4.79 Å². The minimum atomic E-state index is -0.347. The maximum Gasteiger partial charge on any atom is 0.261 e. The predicted octanol–water partition coefficient (Wildman–Crippen LogP) is 4.06. The van der Waals surface area contributed by atoms with Gasteiger partial charge in [0.15, 0.2) is 0 Å². The highest BCUT2D eigenvalue weighted by Crippen LogP contribution is 2.23. The highest BCUT2D eigenvalue weighted by Gasteiger charge is 2.09. The van der Waals surface area contributed by atoms with Gasteiger partial charge in [-0.25, -0.2) is 0 Å². The first kappa shape index (κ1) is 16.3. The zero-order valence-electron chi connectivity index (χ0n) is 11.9. The Morgan fingerprint density at radius 3 is 2.68 bits per heavy atom.